The van der Waals surface area contributed by atoms with Crippen molar-refractivity contribution in [2.75, 3.05) is 5.73 Å². The van der Waals surface area contributed by atoms with Gasteiger partial charge in [-0.25, -0.2) is 9.37 Å². The third-order valence-corrected chi connectivity index (χ3v) is 4.02. The zero-order valence-corrected chi connectivity index (χ0v) is 14.8. The summed E-state index contributed by atoms with van der Waals surface area (Å²) in [5, 5.41) is 0. The number of aromatic nitrogens is 2. The predicted octanol–water partition coefficient (Wildman–Crippen LogP) is 3.66. The molecule has 6 heteroatoms. The van der Waals surface area contributed by atoms with E-state index < -0.39 is 14.9 Å². The average molecular weight is 320 g/mol. The highest BCUT2D eigenvalue weighted by molar-refractivity contribution is 6.48. The molecule has 0 unspecified atom stereocenters. The monoisotopic (exact) mass is 320 g/mol. The van der Waals surface area contributed by atoms with Crippen molar-refractivity contribution in [2.24, 2.45) is 0 Å². The van der Waals surface area contributed by atoms with E-state index >= 15 is 0 Å². The van der Waals surface area contributed by atoms with Crippen LogP contribution in [0.4, 0.5) is 10.1 Å². The first-order valence-electron chi connectivity index (χ1n) is 7.25. The van der Waals surface area contributed by atoms with Gasteiger partial charge in [-0.2, -0.15) is 0 Å². The largest absolute Gasteiger partial charge is 0.410 e. The summed E-state index contributed by atoms with van der Waals surface area (Å²) in [7, 11) is -0.818. The molecule has 0 saturated heterocycles. The predicted molar refractivity (Wildman–Crippen MR) is 88.9 cm³/mol. The molecule has 4 nitrogen and oxygen atoms in total. The number of nitrogens with zero attached hydrogens (tertiary/aromatic N) is 2. The van der Waals surface area contributed by atoms with Crippen molar-refractivity contribution < 1.29 is 8.82 Å². The third-order valence-electron chi connectivity index (χ3n) is 3.30. The van der Waals surface area contributed by atoms with Gasteiger partial charge in [-0.1, -0.05) is 20.8 Å². The molecular formula is C16H23FN3OSi. The van der Waals surface area contributed by atoms with E-state index in [2.05, 4.69) is 38.8 Å². The lowest BCUT2D eigenvalue weighted by Gasteiger charge is -2.14. The highest BCUT2D eigenvalue weighted by atomic mass is 28.3. The van der Waals surface area contributed by atoms with E-state index in [1.807, 2.05) is 10.8 Å². The molecule has 0 amide bonds. The molecule has 119 valence electrons. The van der Waals surface area contributed by atoms with Crippen molar-refractivity contribution in [2.45, 2.75) is 45.9 Å². The summed E-state index contributed by atoms with van der Waals surface area (Å²) in [6.45, 7) is 10.9. The maximum absolute atomic E-state index is 13.8. The molecular weight excluding hydrogens is 297 g/mol. The first kappa shape index (κ1) is 16.7. The van der Waals surface area contributed by atoms with Gasteiger partial charge >= 0.3 is 0 Å². The van der Waals surface area contributed by atoms with Gasteiger partial charge in [0.05, 0.1) is 18.0 Å². The maximum Gasteiger partial charge on any atom is 0.205 e. The second-order valence-electron chi connectivity index (χ2n) is 6.57. The molecule has 0 fully saturated rings. The summed E-state index contributed by atoms with van der Waals surface area (Å²) in [6.07, 6.45) is 1.95. The van der Waals surface area contributed by atoms with Crippen molar-refractivity contribution in [3.05, 3.63) is 41.7 Å². The molecule has 1 radical (unpaired) electrons. The minimum Gasteiger partial charge on any atom is -0.410 e. The Hall–Kier alpha value is -1.66. The number of imidazole rings is 1. The molecule has 0 aliphatic heterocycles. The smallest absolute Gasteiger partial charge is 0.205 e. The Labute approximate surface area is 132 Å². The van der Waals surface area contributed by atoms with E-state index in [1.165, 1.54) is 6.07 Å². The number of hydrogen-bond acceptors (Lipinski definition) is 3. The van der Waals surface area contributed by atoms with Crippen molar-refractivity contribution in [3.63, 3.8) is 0 Å². The number of benzene rings is 1. The second kappa shape index (κ2) is 6.22. The number of nitrogens with two attached hydrogens (primary N) is 1. The van der Waals surface area contributed by atoms with Crippen LogP contribution in [0.5, 0.6) is 0 Å². The lowest BCUT2D eigenvalue weighted by Crippen LogP contribution is -2.12. The Bertz CT molecular complexity index is 662. The van der Waals surface area contributed by atoms with E-state index in [9.17, 15) is 4.39 Å². The van der Waals surface area contributed by atoms with E-state index in [1.54, 1.807) is 12.1 Å². The minimum absolute atomic E-state index is 0.0848. The van der Waals surface area contributed by atoms with Crippen molar-refractivity contribution in [3.8, 4) is 5.69 Å². The van der Waals surface area contributed by atoms with Crippen LogP contribution in [0.15, 0.2) is 24.4 Å². The van der Waals surface area contributed by atoms with E-state index in [4.69, 9.17) is 10.2 Å². The summed E-state index contributed by atoms with van der Waals surface area (Å²) >= 11 is 0. The van der Waals surface area contributed by atoms with Gasteiger partial charge in [-0.05, 0) is 25.2 Å². The van der Waals surface area contributed by atoms with Gasteiger partial charge in [0.2, 0.25) is 9.04 Å². The van der Waals surface area contributed by atoms with Crippen LogP contribution >= 0.6 is 0 Å². The summed E-state index contributed by atoms with van der Waals surface area (Å²) in [5.41, 5.74) is 7.27. The first-order valence-corrected chi connectivity index (χ1v) is 9.66. The first-order chi connectivity index (χ1) is 10.2. The molecule has 0 atom stereocenters. The highest BCUT2D eigenvalue weighted by Crippen LogP contribution is 2.25. The van der Waals surface area contributed by atoms with Gasteiger partial charge in [0.25, 0.3) is 0 Å². The van der Waals surface area contributed by atoms with Gasteiger partial charge in [0.15, 0.2) is 0 Å². The Morgan fingerprint density at radius 3 is 2.55 bits per heavy atom. The van der Waals surface area contributed by atoms with Gasteiger partial charge < -0.3 is 14.7 Å². The number of nitrogen functional groups attached to an aromatic ring is 1. The van der Waals surface area contributed by atoms with Gasteiger partial charge in [-0.15, -0.1) is 0 Å². The fraction of sp³-hybridized carbons (Fsp3) is 0.438. The van der Waals surface area contributed by atoms with Crippen LogP contribution in [0.3, 0.4) is 0 Å². The quantitative estimate of drug-likeness (QED) is 0.691. The maximum atomic E-state index is 13.8. The van der Waals surface area contributed by atoms with E-state index in [0.717, 1.165) is 11.5 Å². The van der Waals surface area contributed by atoms with E-state index in [0.29, 0.717) is 12.3 Å². The lowest BCUT2D eigenvalue weighted by molar-refractivity contribution is 0.301. The average Bonchev–Trinajstić information content (AvgIpc) is 2.83. The minimum atomic E-state index is -0.818. The molecule has 2 rings (SSSR count). The second-order valence-corrected chi connectivity index (χ2v) is 8.67. The molecule has 0 spiro atoms. The molecule has 2 N–H and O–H groups in total. The number of rotatable bonds is 4. The summed E-state index contributed by atoms with van der Waals surface area (Å²) in [4.78, 5) is 4.68. The summed E-state index contributed by atoms with van der Waals surface area (Å²) in [6, 6.07) is 4.79. The van der Waals surface area contributed by atoms with E-state index in [-0.39, 0.29) is 11.1 Å². The number of hydrogen-bond donors (Lipinski definition) is 1. The molecule has 0 bridgehead atoms. The Morgan fingerprint density at radius 2 is 2.00 bits per heavy atom. The Morgan fingerprint density at radius 1 is 1.32 bits per heavy atom. The standard InChI is InChI=1S/C16H23FN3OSi/c1-16(2,3)14-9-20(15(19-14)10-21-22(4)5)11-6-7-13(18)12(17)8-11/h6-9H,10,18H2,1-5H3. The molecule has 1 aromatic heterocycles. The fourth-order valence-corrected chi connectivity index (χ4v) is 2.40. The highest BCUT2D eigenvalue weighted by Gasteiger charge is 2.21. The van der Waals surface area contributed by atoms with Crippen molar-refractivity contribution in [1.29, 1.82) is 0 Å². The van der Waals surface area contributed by atoms with Crippen LogP contribution in [0.2, 0.25) is 13.1 Å². The number of halogens is 1. The Balaban J connectivity index is 2.47. The van der Waals surface area contributed by atoms with Crippen molar-refractivity contribution in [1.82, 2.24) is 9.55 Å². The normalized spacial score (nSPS) is 12.1. The number of anilines is 1. The van der Waals surface area contributed by atoms with Crippen LogP contribution in [0.25, 0.3) is 5.69 Å². The van der Waals surface area contributed by atoms with Crippen LogP contribution in [-0.4, -0.2) is 18.6 Å². The van der Waals surface area contributed by atoms with Gasteiger partial charge in [0.1, 0.15) is 11.6 Å². The van der Waals surface area contributed by atoms with Crippen LogP contribution in [0.1, 0.15) is 32.3 Å². The SMILES string of the molecule is C[Si](C)OCc1nc(C(C)(C)C)cn1-c1ccc(N)c(F)c1. The summed E-state index contributed by atoms with van der Waals surface area (Å²) in [5.74, 6) is 0.353. The molecule has 0 aliphatic carbocycles. The molecule has 1 heterocycles. The van der Waals surface area contributed by atoms with Crippen LogP contribution in [0, 0.1) is 5.82 Å². The van der Waals surface area contributed by atoms with Crippen LogP contribution in [-0.2, 0) is 16.4 Å². The molecule has 0 aliphatic rings. The zero-order valence-electron chi connectivity index (χ0n) is 13.8. The molecule has 2 aromatic rings. The zero-order chi connectivity index (χ0) is 16.5. The fourth-order valence-electron chi connectivity index (χ4n) is 1.98. The van der Waals surface area contributed by atoms with Gasteiger partial charge in [-0.3, -0.25) is 0 Å². The molecule has 22 heavy (non-hydrogen) atoms. The third kappa shape index (κ3) is 3.75. The Kier molecular flexibility index (Phi) is 4.72. The van der Waals surface area contributed by atoms with Crippen LogP contribution < -0.4 is 5.73 Å². The molecule has 1 aromatic carbocycles. The molecule has 0 saturated carbocycles. The summed E-state index contributed by atoms with van der Waals surface area (Å²) < 4.78 is 21.4. The topological polar surface area (TPSA) is 53.1 Å². The van der Waals surface area contributed by atoms with Gasteiger partial charge in [0, 0.05) is 23.4 Å². The van der Waals surface area contributed by atoms with Crippen molar-refractivity contribution >= 4 is 14.7 Å². The lowest BCUT2D eigenvalue weighted by atomic mass is 9.93.